The Bertz CT molecular complexity index is 671. The highest BCUT2D eigenvalue weighted by Gasteiger charge is 2.17. The SMILES string of the molecule is NC(=O)c1ccc(CSc2n[nH]c(N)n2)c([N+](=O)[O-])c1. The van der Waals surface area contributed by atoms with E-state index in [-0.39, 0.29) is 23.0 Å². The molecule has 0 aliphatic carbocycles. The van der Waals surface area contributed by atoms with Gasteiger partial charge in [-0.2, -0.15) is 4.98 Å². The third-order valence-corrected chi connectivity index (χ3v) is 3.30. The summed E-state index contributed by atoms with van der Waals surface area (Å²) in [5.41, 5.74) is 10.8. The van der Waals surface area contributed by atoms with Gasteiger partial charge < -0.3 is 11.5 Å². The summed E-state index contributed by atoms with van der Waals surface area (Å²) in [7, 11) is 0. The van der Waals surface area contributed by atoms with Crippen molar-refractivity contribution < 1.29 is 9.72 Å². The van der Waals surface area contributed by atoms with Crippen molar-refractivity contribution in [3.63, 3.8) is 0 Å². The van der Waals surface area contributed by atoms with Crippen molar-refractivity contribution >= 4 is 29.3 Å². The van der Waals surface area contributed by atoms with Crippen molar-refractivity contribution in [1.82, 2.24) is 15.2 Å². The highest BCUT2D eigenvalue weighted by molar-refractivity contribution is 7.98. The monoisotopic (exact) mass is 294 g/mol. The van der Waals surface area contributed by atoms with Crippen molar-refractivity contribution in [2.24, 2.45) is 5.73 Å². The minimum absolute atomic E-state index is 0.0904. The molecule has 0 bridgehead atoms. The summed E-state index contributed by atoms with van der Waals surface area (Å²) >= 11 is 1.19. The third-order valence-electron chi connectivity index (χ3n) is 2.41. The van der Waals surface area contributed by atoms with E-state index in [4.69, 9.17) is 11.5 Å². The fraction of sp³-hybridized carbons (Fsp3) is 0.100. The molecule has 104 valence electrons. The fourth-order valence-corrected chi connectivity index (χ4v) is 2.28. The number of rotatable bonds is 5. The maximum atomic E-state index is 11.0. The van der Waals surface area contributed by atoms with Crippen LogP contribution in [0.25, 0.3) is 0 Å². The Morgan fingerprint density at radius 3 is 2.80 bits per heavy atom. The Morgan fingerprint density at radius 1 is 1.50 bits per heavy atom. The molecule has 0 spiro atoms. The zero-order valence-corrected chi connectivity index (χ0v) is 10.9. The van der Waals surface area contributed by atoms with Crippen molar-refractivity contribution in [2.45, 2.75) is 10.9 Å². The summed E-state index contributed by atoms with van der Waals surface area (Å²) in [6, 6.07) is 4.09. The van der Waals surface area contributed by atoms with Crippen LogP contribution in [0.1, 0.15) is 15.9 Å². The van der Waals surface area contributed by atoms with E-state index in [9.17, 15) is 14.9 Å². The number of nitrogens with one attached hydrogen (secondary N) is 1. The quantitative estimate of drug-likeness (QED) is 0.416. The van der Waals surface area contributed by atoms with Crippen LogP contribution >= 0.6 is 11.8 Å². The molecule has 20 heavy (non-hydrogen) atoms. The van der Waals surface area contributed by atoms with E-state index in [1.807, 2.05) is 0 Å². The highest BCUT2D eigenvalue weighted by Crippen LogP contribution is 2.27. The average Bonchev–Trinajstić information content (AvgIpc) is 2.81. The van der Waals surface area contributed by atoms with Crippen LogP contribution in [0.5, 0.6) is 0 Å². The van der Waals surface area contributed by atoms with Crippen molar-refractivity contribution in [2.75, 3.05) is 5.73 Å². The number of nitro groups is 1. The summed E-state index contributed by atoms with van der Waals surface area (Å²) in [5, 5.41) is 17.7. The second kappa shape index (κ2) is 5.57. The van der Waals surface area contributed by atoms with E-state index < -0.39 is 10.8 Å². The van der Waals surface area contributed by atoms with Crippen LogP contribution in [0.2, 0.25) is 0 Å². The van der Waals surface area contributed by atoms with E-state index in [1.54, 1.807) is 0 Å². The second-order valence-corrected chi connectivity index (χ2v) is 4.70. The highest BCUT2D eigenvalue weighted by atomic mass is 32.2. The molecule has 1 aromatic heterocycles. The zero-order valence-electron chi connectivity index (χ0n) is 10.1. The number of amides is 1. The van der Waals surface area contributed by atoms with Gasteiger partial charge in [-0.25, -0.2) is 5.10 Å². The van der Waals surface area contributed by atoms with Crippen LogP contribution in [-0.2, 0) is 5.75 Å². The minimum atomic E-state index is -0.714. The first-order valence-corrected chi connectivity index (χ1v) is 6.33. The van der Waals surface area contributed by atoms with E-state index in [2.05, 4.69) is 15.2 Å². The molecular formula is C10H10N6O3S. The van der Waals surface area contributed by atoms with Crippen molar-refractivity contribution in [3.05, 3.63) is 39.4 Å². The van der Waals surface area contributed by atoms with Crippen molar-refractivity contribution in [1.29, 1.82) is 0 Å². The smallest absolute Gasteiger partial charge is 0.274 e. The maximum Gasteiger partial charge on any atom is 0.274 e. The number of carbonyl (C=O) groups is 1. The number of H-pyrrole nitrogens is 1. The number of primary amides is 1. The van der Waals surface area contributed by atoms with Crippen LogP contribution in [0, 0.1) is 10.1 Å². The van der Waals surface area contributed by atoms with Gasteiger partial charge >= 0.3 is 0 Å². The number of nitro benzene ring substituents is 1. The molecule has 0 atom stereocenters. The first-order chi connectivity index (χ1) is 9.47. The van der Waals surface area contributed by atoms with Gasteiger partial charge in [0, 0.05) is 22.9 Å². The van der Waals surface area contributed by atoms with Crippen molar-refractivity contribution in [3.8, 4) is 0 Å². The number of aromatic amines is 1. The summed E-state index contributed by atoms with van der Waals surface area (Å²) in [6.07, 6.45) is 0. The molecule has 0 aliphatic heterocycles. The molecule has 10 heteroatoms. The normalized spacial score (nSPS) is 10.4. The van der Waals surface area contributed by atoms with Gasteiger partial charge in [0.1, 0.15) is 0 Å². The Balaban J connectivity index is 2.22. The number of nitrogen functional groups attached to an aromatic ring is 1. The van der Waals surface area contributed by atoms with E-state index in [0.717, 1.165) is 6.07 Å². The standard InChI is InChI=1S/C10H10N6O3S/c11-8(17)5-1-2-6(7(3-5)16(18)19)4-20-10-13-9(12)14-15-10/h1-3H,4H2,(H2,11,17)(H3,12,13,14,15). The molecule has 0 fully saturated rings. The largest absolute Gasteiger partial charge is 0.368 e. The molecule has 1 amide bonds. The number of anilines is 1. The van der Waals surface area contributed by atoms with Gasteiger partial charge in [0.25, 0.3) is 5.69 Å². The Kier molecular flexibility index (Phi) is 3.84. The number of nitrogens with two attached hydrogens (primary N) is 2. The predicted molar refractivity (Wildman–Crippen MR) is 72.0 cm³/mol. The topological polar surface area (TPSA) is 154 Å². The summed E-state index contributed by atoms with van der Waals surface area (Å²) in [4.78, 5) is 25.3. The summed E-state index contributed by atoms with van der Waals surface area (Å²) in [6.45, 7) is 0. The number of thioether (sulfide) groups is 1. The van der Waals surface area contributed by atoms with Gasteiger partial charge in [0.15, 0.2) is 0 Å². The fourth-order valence-electron chi connectivity index (χ4n) is 1.47. The molecule has 9 nitrogen and oxygen atoms in total. The van der Waals surface area contributed by atoms with Crippen LogP contribution in [-0.4, -0.2) is 26.0 Å². The van der Waals surface area contributed by atoms with Crippen LogP contribution < -0.4 is 11.5 Å². The molecule has 0 saturated carbocycles. The lowest BCUT2D eigenvalue weighted by Crippen LogP contribution is -2.11. The molecule has 0 aliphatic rings. The Labute approximate surface area is 116 Å². The number of aromatic nitrogens is 3. The van der Waals surface area contributed by atoms with Gasteiger partial charge in [0.2, 0.25) is 17.0 Å². The number of hydrogen-bond acceptors (Lipinski definition) is 7. The lowest BCUT2D eigenvalue weighted by atomic mass is 10.1. The Hall–Kier alpha value is -2.62. The number of carbonyl (C=O) groups excluding carboxylic acids is 1. The molecule has 0 radical (unpaired) electrons. The van der Waals surface area contributed by atoms with Crippen LogP contribution in [0.3, 0.4) is 0 Å². The lowest BCUT2D eigenvalue weighted by Gasteiger charge is -2.03. The molecule has 5 N–H and O–H groups in total. The number of nitrogens with zero attached hydrogens (tertiary/aromatic N) is 3. The maximum absolute atomic E-state index is 11.0. The summed E-state index contributed by atoms with van der Waals surface area (Å²) < 4.78 is 0. The van der Waals surface area contributed by atoms with E-state index in [1.165, 1.54) is 23.9 Å². The number of hydrogen-bond donors (Lipinski definition) is 3. The van der Waals surface area contributed by atoms with E-state index in [0.29, 0.717) is 10.7 Å². The Morgan fingerprint density at radius 2 is 2.25 bits per heavy atom. The molecule has 2 rings (SSSR count). The second-order valence-electron chi connectivity index (χ2n) is 3.76. The van der Waals surface area contributed by atoms with Gasteiger partial charge in [0.05, 0.1) is 4.92 Å². The van der Waals surface area contributed by atoms with Gasteiger partial charge in [-0.05, 0) is 6.07 Å². The first-order valence-electron chi connectivity index (χ1n) is 5.35. The third kappa shape index (κ3) is 3.03. The predicted octanol–water partition coefficient (Wildman–Crippen LogP) is 0.686. The van der Waals surface area contributed by atoms with Crippen LogP contribution in [0.4, 0.5) is 11.6 Å². The average molecular weight is 294 g/mol. The molecule has 1 heterocycles. The first kappa shape index (κ1) is 13.8. The van der Waals surface area contributed by atoms with Crippen LogP contribution in [0.15, 0.2) is 23.4 Å². The zero-order chi connectivity index (χ0) is 14.7. The molecule has 2 aromatic rings. The lowest BCUT2D eigenvalue weighted by molar-refractivity contribution is -0.385. The molecule has 0 saturated heterocycles. The molecule has 0 unspecified atom stereocenters. The van der Waals surface area contributed by atoms with Gasteiger partial charge in [-0.1, -0.05) is 17.8 Å². The molecular weight excluding hydrogens is 284 g/mol. The number of benzene rings is 1. The van der Waals surface area contributed by atoms with E-state index >= 15 is 0 Å². The summed E-state index contributed by atoms with van der Waals surface area (Å²) in [5.74, 6) is -0.271. The van der Waals surface area contributed by atoms with Gasteiger partial charge in [-0.3, -0.25) is 14.9 Å². The molecule has 1 aromatic carbocycles. The minimum Gasteiger partial charge on any atom is -0.368 e. The van der Waals surface area contributed by atoms with Gasteiger partial charge in [-0.15, -0.1) is 5.10 Å².